The molecule has 0 radical (unpaired) electrons. The summed E-state index contributed by atoms with van der Waals surface area (Å²) in [4.78, 5) is 4.63. The third-order valence-corrected chi connectivity index (χ3v) is 3.21. The highest BCUT2D eigenvalue weighted by atomic mass is 16.5. The molecule has 0 heterocycles. The molecule has 0 fully saturated rings. The van der Waals surface area contributed by atoms with Crippen molar-refractivity contribution in [2.75, 3.05) is 20.2 Å². The molecule has 0 saturated heterocycles. The van der Waals surface area contributed by atoms with Crippen LogP contribution in [0.2, 0.25) is 0 Å². The Bertz CT molecular complexity index is 455. The largest absolute Gasteiger partial charge is 0.496 e. The van der Waals surface area contributed by atoms with E-state index in [2.05, 4.69) is 55.5 Å². The average Bonchev–Trinajstić information content (AvgIpc) is 2.45. The highest BCUT2D eigenvalue weighted by Gasteiger charge is 2.04. The maximum atomic E-state index is 5.42. The van der Waals surface area contributed by atoms with E-state index in [1.165, 1.54) is 5.56 Å². The molecule has 4 heteroatoms. The normalized spacial score (nSPS) is 11.6. The maximum Gasteiger partial charge on any atom is 0.191 e. The molecule has 21 heavy (non-hydrogen) atoms. The van der Waals surface area contributed by atoms with E-state index < -0.39 is 0 Å². The lowest BCUT2D eigenvalue weighted by Gasteiger charge is -2.13. The Hall–Kier alpha value is -1.71. The van der Waals surface area contributed by atoms with Crippen molar-refractivity contribution < 1.29 is 4.74 Å². The van der Waals surface area contributed by atoms with Crippen LogP contribution in [0.5, 0.6) is 5.75 Å². The van der Waals surface area contributed by atoms with Crippen LogP contribution in [0.3, 0.4) is 0 Å². The third-order valence-electron chi connectivity index (χ3n) is 3.21. The van der Waals surface area contributed by atoms with Crippen molar-refractivity contribution in [1.29, 1.82) is 0 Å². The second-order valence-electron chi connectivity index (χ2n) is 5.62. The van der Waals surface area contributed by atoms with Crippen molar-refractivity contribution in [3.05, 3.63) is 29.3 Å². The second kappa shape index (κ2) is 9.27. The molecule has 0 aromatic heterocycles. The average molecular weight is 291 g/mol. The van der Waals surface area contributed by atoms with Gasteiger partial charge in [0.15, 0.2) is 5.96 Å². The second-order valence-corrected chi connectivity index (χ2v) is 5.62. The number of nitrogens with one attached hydrogen (secondary N) is 2. The minimum absolute atomic E-state index is 0.612. The molecule has 0 amide bonds. The fourth-order valence-electron chi connectivity index (χ4n) is 1.97. The van der Waals surface area contributed by atoms with Gasteiger partial charge in [0.2, 0.25) is 0 Å². The van der Waals surface area contributed by atoms with Crippen LogP contribution in [-0.4, -0.2) is 26.2 Å². The molecule has 0 unspecified atom stereocenters. The van der Waals surface area contributed by atoms with Crippen LogP contribution in [0.15, 0.2) is 23.2 Å². The molecule has 1 rings (SSSR count). The third kappa shape index (κ3) is 6.52. The first-order chi connectivity index (χ1) is 10.1. The molecule has 118 valence electrons. The number of nitrogens with zero attached hydrogens (tertiary/aromatic N) is 1. The Labute approximate surface area is 129 Å². The van der Waals surface area contributed by atoms with Gasteiger partial charge < -0.3 is 15.4 Å². The van der Waals surface area contributed by atoms with E-state index in [-0.39, 0.29) is 0 Å². The number of aryl methyl sites for hydroxylation is 1. The van der Waals surface area contributed by atoms with Gasteiger partial charge in [0, 0.05) is 18.7 Å². The van der Waals surface area contributed by atoms with E-state index in [0.717, 1.165) is 36.8 Å². The monoisotopic (exact) mass is 291 g/mol. The van der Waals surface area contributed by atoms with Gasteiger partial charge in [0.1, 0.15) is 5.75 Å². The molecule has 0 bridgehead atoms. The molecule has 0 atom stereocenters. The summed E-state index contributed by atoms with van der Waals surface area (Å²) in [6.07, 6.45) is 1.14. The molecule has 0 aliphatic heterocycles. The number of hydrogen-bond donors (Lipinski definition) is 2. The number of methoxy groups -OCH3 is 1. The van der Waals surface area contributed by atoms with Gasteiger partial charge in [0.05, 0.1) is 13.7 Å². The van der Waals surface area contributed by atoms with Crippen molar-refractivity contribution in [2.45, 2.75) is 40.7 Å². The molecule has 0 aliphatic rings. The van der Waals surface area contributed by atoms with Crippen LogP contribution >= 0.6 is 0 Å². The predicted octanol–water partition coefficient (Wildman–Crippen LogP) is 3.10. The van der Waals surface area contributed by atoms with Crippen LogP contribution in [0, 0.1) is 12.8 Å². The van der Waals surface area contributed by atoms with Crippen LogP contribution in [0.1, 0.15) is 38.3 Å². The van der Waals surface area contributed by atoms with Crippen molar-refractivity contribution >= 4 is 5.96 Å². The lowest BCUT2D eigenvalue weighted by molar-refractivity contribution is 0.409. The summed E-state index contributed by atoms with van der Waals surface area (Å²) in [5.74, 6) is 2.45. The Morgan fingerprint density at radius 1 is 1.29 bits per heavy atom. The first kappa shape index (κ1) is 17.3. The quantitative estimate of drug-likeness (QED) is 0.599. The minimum atomic E-state index is 0.612. The van der Waals surface area contributed by atoms with Crippen LogP contribution in [0.25, 0.3) is 0 Å². The van der Waals surface area contributed by atoms with Crippen molar-refractivity contribution in [3.63, 3.8) is 0 Å². The van der Waals surface area contributed by atoms with E-state index in [4.69, 9.17) is 4.74 Å². The van der Waals surface area contributed by atoms with E-state index in [9.17, 15) is 0 Å². The van der Waals surface area contributed by atoms with E-state index >= 15 is 0 Å². The van der Waals surface area contributed by atoms with E-state index in [1.807, 2.05) is 6.07 Å². The van der Waals surface area contributed by atoms with Crippen LogP contribution < -0.4 is 15.4 Å². The summed E-state index contributed by atoms with van der Waals surface area (Å²) in [6, 6.07) is 6.21. The summed E-state index contributed by atoms with van der Waals surface area (Å²) < 4.78 is 5.42. The number of hydrogen-bond acceptors (Lipinski definition) is 2. The number of benzene rings is 1. The molecule has 0 saturated carbocycles. The zero-order valence-electron chi connectivity index (χ0n) is 14.0. The van der Waals surface area contributed by atoms with Gasteiger partial charge in [-0.1, -0.05) is 26.0 Å². The number of guanidine groups is 1. The van der Waals surface area contributed by atoms with Gasteiger partial charge in [-0.2, -0.15) is 0 Å². The fraction of sp³-hybridized carbons (Fsp3) is 0.588. The predicted molar refractivity (Wildman–Crippen MR) is 90.0 cm³/mol. The van der Waals surface area contributed by atoms with Crippen LogP contribution in [-0.2, 0) is 6.54 Å². The summed E-state index contributed by atoms with van der Waals surface area (Å²) in [6.45, 7) is 11.0. The zero-order chi connectivity index (χ0) is 15.7. The number of rotatable bonds is 7. The van der Waals surface area contributed by atoms with Gasteiger partial charge in [-0.3, -0.25) is 0 Å². The molecule has 0 aliphatic carbocycles. The Morgan fingerprint density at radius 3 is 2.67 bits per heavy atom. The lowest BCUT2D eigenvalue weighted by Crippen LogP contribution is -2.38. The SMILES string of the molecule is CCNC(=NCc1ccc(C)cc1OC)NCCC(C)C. The highest BCUT2D eigenvalue weighted by molar-refractivity contribution is 5.79. The highest BCUT2D eigenvalue weighted by Crippen LogP contribution is 2.20. The van der Waals surface area contributed by atoms with Gasteiger partial charge in [-0.25, -0.2) is 4.99 Å². The molecule has 2 N–H and O–H groups in total. The Balaban J connectivity index is 2.68. The topological polar surface area (TPSA) is 45.7 Å². The van der Waals surface area contributed by atoms with Crippen molar-refractivity contribution in [2.24, 2.45) is 10.9 Å². The maximum absolute atomic E-state index is 5.42. The first-order valence-corrected chi connectivity index (χ1v) is 7.72. The van der Waals surface area contributed by atoms with Crippen molar-refractivity contribution in [1.82, 2.24) is 10.6 Å². The summed E-state index contributed by atoms with van der Waals surface area (Å²) >= 11 is 0. The van der Waals surface area contributed by atoms with Crippen molar-refractivity contribution in [3.8, 4) is 5.75 Å². The minimum Gasteiger partial charge on any atom is -0.496 e. The summed E-state index contributed by atoms with van der Waals surface area (Å²) in [5, 5.41) is 6.64. The molecule has 4 nitrogen and oxygen atoms in total. The summed E-state index contributed by atoms with van der Waals surface area (Å²) in [5.41, 5.74) is 2.30. The van der Waals surface area contributed by atoms with E-state index in [1.54, 1.807) is 7.11 Å². The van der Waals surface area contributed by atoms with Gasteiger partial charge in [-0.15, -0.1) is 0 Å². The van der Waals surface area contributed by atoms with Gasteiger partial charge in [-0.05, 0) is 37.8 Å². The molecular weight excluding hydrogens is 262 g/mol. The fourth-order valence-corrected chi connectivity index (χ4v) is 1.97. The molecule has 1 aromatic carbocycles. The van der Waals surface area contributed by atoms with Crippen LogP contribution in [0.4, 0.5) is 0 Å². The van der Waals surface area contributed by atoms with E-state index in [0.29, 0.717) is 12.5 Å². The molecular formula is C17H29N3O. The smallest absolute Gasteiger partial charge is 0.191 e. The van der Waals surface area contributed by atoms with Gasteiger partial charge >= 0.3 is 0 Å². The molecule has 0 spiro atoms. The summed E-state index contributed by atoms with van der Waals surface area (Å²) in [7, 11) is 1.70. The number of aliphatic imine (C=N–C) groups is 1. The first-order valence-electron chi connectivity index (χ1n) is 7.72. The zero-order valence-corrected chi connectivity index (χ0v) is 14.0. The Morgan fingerprint density at radius 2 is 2.05 bits per heavy atom. The molecule has 1 aromatic rings. The standard InChI is InChI=1S/C17H29N3O/c1-6-18-17(19-10-9-13(2)3)20-12-15-8-7-14(4)11-16(15)21-5/h7-8,11,13H,6,9-10,12H2,1-5H3,(H2,18,19,20). The van der Waals surface area contributed by atoms with Gasteiger partial charge in [0.25, 0.3) is 0 Å². The Kier molecular flexibility index (Phi) is 7.65. The number of ether oxygens (including phenoxy) is 1. The lowest BCUT2D eigenvalue weighted by atomic mass is 10.1.